The number of carbonyl (C=O) groups is 3. The van der Waals surface area contributed by atoms with Crippen LogP contribution in [0.25, 0.3) is 0 Å². The summed E-state index contributed by atoms with van der Waals surface area (Å²) in [5.41, 5.74) is -4.06. The molecule has 0 unspecified atom stereocenters. The summed E-state index contributed by atoms with van der Waals surface area (Å²) in [6.07, 6.45) is -2.21. The molecular formula is C17H32N2O8. The molecule has 0 aliphatic rings. The van der Waals surface area contributed by atoms with Crippen molar-refractivity contribution in [3.8, 4) is 0 Å². The third-order valence-corrected chi connectivity index (χ3v) is 4.55. The van der Waals surface area contributed by atoms with Crippen molar-refractivity contribution < 1.29 is 38.8 Å². The van der Waals surface area contributed by atoms with Crippen molar-refractivity contribution in [3.63, 3.8) is 0 Å². The molecule has 0 aliphatic heterocycles. The summed E-state index contributed by atoms with van der Waals surface area (Å²) < 4.78 is 15.5. The Bertz CT molecular complexity index is 535. The van der Waals surface area contributed by atoms with Gasteiger partial charge in [0.1, 0.15) is 17.3 Å². The number of ether oxygens (including phenoxy) is 3. The quantitative estimate of drug-likeness (QED) is 0.391. The monoisotopic (exact) mass is 392 g/mol. The van der Waals surface area contributed by atoms with Crippen LogP contribution < -0.4 is 0 Å². The van der Waals surface area contributed by atoms with Crippen LogP contribution in [0.3, 0.4) is 0 Å². The zero-order chi connectivity index (χ0) is 21.6. The van der Waals surface area contributed by atoms with Gasteiger partial charge in [0.05, 0.1) is 13.2 Å². The topological polar surface area (TPSA) is 126 Å². The normalized spacial score (nSPS) is 17.9. The van der Waals surface area contributed by atoms with E-state index in [1.807, 2.05) is 0 Å². The molecule has 0 aromatic rings. The Labute approximate surface area is 159 Å². The van der Waals surface area contributed by atoms with Crippen molar-refractivity contribution in [1.29, 1.82) is 0 Å². The van der Waals surface area contributed by atoms with Gasteiger partial charge in [-0.05, 0) is 13.8 Å². The molecule has 4 atom stereocenters. The summed E-state index contributed by atoms with van der Waals surface area (Å²) in [6.45, 7) is 5.70. The Balaban J connectivity index is 5.92. The molecule has 0 bridgehead atoms. The first-order chi connectivity index (χ1) is 12.2. The van der Waals surface area contributed by atoms with Crippen LogP contribution in [-0.2, 0) is 28.6 Å². The fourth-order valence-electron chi connectivity index (χ4n) is 2.53. The molecule has 10 nitrogen and oxygen atoms in total. The minimum absolute atomic E-state index is 0.0234. The molecule has 0 rings (SSSR count). The van der Waals surface area contributed by atoms with Gasteiger partial charge < -0.3 is 24.4 Å². The summed E-state index contributed by atoms with van der Waals surface area (Å²) in [5, 5.41) is 24.2. The number of amides is 2. The van der Waals surface area contributed by atoms with Crippen LogP contribution in [0.2, 0.25) is 0 Å². The number of rotatable bonds is 9. The molecule has 27 heavy (non-hydrogen) atoms. The first-order valence-electron chi connectivity index (χ1n) is 8.38. The Morgan fingerprint density at radius 1 is 1.04 bits per heavy atom. The maximum Gasteiger partial charge on any atom is 0.303 e. The number of nitrogens with zero attached hydrogens (tertiary/aromatic N) is 2. The third-order valence-electron chi connectivity index (χ3n) is 4.55. The first-order valence-corrected chi connectivity index (χ1v) is 8.38. The van der Waals surface area contributed by atoms with Gasteiger partial charge in [-0.25, -0.2) is 5.01 Å². The lowest BCUT2D eigenvalue weighted by atomic mass is 9.78. The van der Waals surface area contributed by atoms with Crippen LogP contribution in [-0.4, -0.2) is 95.8 Å². The summed E-state index contributed by atoms with van der Waals surface area (Å²) in [5.74, 6) is -1.65. The highest BCUT2D eigenvalue weighted by atomic mass is 16.6. The van der Waals surface area contributed by atoms with E-state index in [1.54, 1.807) is 0 Å². The second-order valence-corrected chi connectivity index (χ2v) is 6.80. The predicted octanol–water partition coefficient (Wildman–Crippen LogP) is -0.677. The molecular weight excluding hydrogens is 360 g/mol. The number of carbonyl (C=O) groups excluding carboxylic acids is 3. The lowest BCUT2D eigenvalue weighted by molar-refractivity contribution is -0.238. The van der Waals surface area contributed by atoms with E-state index < -0.39 is 47.7 Å². The zero-order valence-electron chi connectivity index (χ0n) is 17.3. The maximum absolute atomic E-state index is 11.9. The third kappa shape index (κ3) is 6.42. The molecule has 2 N–H and O–H groups in total. The predicted molar refractivity (Wildman–Crippen MR) is 95.3 cm³/mol. The number of hydrogen-bond acceptors (Lipinski definition) is 8. The van der Waals surface area contributed by atoms with Crippen LogP contribution in [0.1, 0.15) is 34.6 Å². The Morgan fingerprint density at radius 3 is 1.89 bits per heavy atom. The Hall–Kier alpha value is -1.75. The minimum atomic E-state index is -2.07. The van der Waals surface area contributed by atoms with Crippen LogP contribution >= 0.6 is 0 Å². The number of esters is 1. The first kappa shape index (κ1) is 25.2. The van der Waals surface area contributed by atoms with Crippen LogP contribution in [0.5, 0.6) is 0 Å². The van der Waals surface area contributed by atoms with Crippen molar-refractivity contribution in [1.82, 2.24) is 10.0 Å². The van der Waals surface area contributed by atoms with E-state index in [-0.39, 0.29) is 6.61 Å². The lowest BCUT2D eigenvalue weighted by Crippen LogP contribution is -2.67. The van der Waals surface area contributed by atoms with Crippen molar-refractivity contribution in [2.75, 3.05) is 34.4 Å². The average molecular weight is 392 g/mol. The number of aliphatic hydroxyl groups is 2. The van der Waals surface area contributed by atoms with Gasteiger partial charge in [0, 0.05) is 42.0 Å². The van der Waals surface area contributed by atoms with Gasteiger partial charge in [-0.15, -0.1) is 0 Å². The highest BCUT2D eigenvalue weighted by Gasteiger charge is 2.54. The van der Waals surface area contributed by atoms with Crippen LogP contribution in [0, 0.1) is 0 Å². The van der Waals surface area contributed by atoms with Crippen molar-refractivity contribution in [2.24, 2.45) is 0 Å². The summed E-state index contributed by atoms with van der Waals surface area (Å²) in [6, 6.07) is 0. The van der Waals surface area contributed by atoms with E-state index in [4.69, 9.17) is 14.2 Å². The van der Waals surface area contributed by atoms with E-state index in [0.29, 0.717) is 0 Å². The molecule has 0 radical (unpaired) electrons. The Kier molecular flexibility index (Phi) is 9.33. The van der Waals surface area contributed by atoms with Gasteiger partial charge in [0.15, 0.2) is 6.10 Å². The number of hydrazine groups is 1. The summed E-state index contributed by atoms with van der Waals surface area (Å²) in [4.78, 5) is 35.1. The molecule has 0 heterocycles. The summed E-state index contributed by atoms with van der Waals surface area (Å²) in [7, 11) is 4.11. The highest BCUT2D eigenvalue weighted by Crippen LogP contribution is 2.32. The molecule has 0 aromatic heterocycles. The molecule has 10 heteroatoms. The van der Waals surface area contributed by atoms with Gasteiger partial charge in [-0.1, -0.05) is 0 Å². The molecule has 0 aliphatic carbocycles. The zero-order valence-corrected chi connectivity index (χ0v) is 17.3. The van der Waals surface area contributed by atoms with E-state index in [1.165, 1.54) is 49.0 Å². The fraction of sp³-hybridized carbons (Fsp3) is 0.824. The minimum Gasteiger partial charge on any atom is -0.456 e. The Morgan fingerprint density at radius 2 is 1.56 bits per heavy atom. The molecule has 158 valence electrons. The van der Waals surface area contributed by atoms with Crippen LogP contribution in [0.15, 0.2) is 0 Å². The van der Waals surface area contributed by atoms with Crippen LogP contribution in [0.4, 0.5) is 0 Å². The molecule has 2 amide bonds. The van der Waals surface area contributed by atoms with E-state index in [0.717, 1.165) is 16.9 Å². The van der Waals surface area contributed by atoms with E-state index in [9.17, 15) is 24.6 Å². The van der Waals surface area contributed by atoms with Gasteiger partial charge in [0.2, 0.25) is 11.8 Å². The molecule has 0 spiro atoms. The largest absolute Gasteiger partial charge is 0.456 e. The summed E-state index contributed by atoms with van der Waals surface area (Å²) >= 11 is 0. The fourth-order valence-corrected chi connectivity index (χ4v) is 2.53. The highest BCUT2D eigenvalue weighted by molar-refractivity contribution is 5.79. The number of hydrogen-bond donors (Lipinski definition) is 2. The van der Waals surface area contributed by atoms with Gasteiger partial charge in [-0.2, -0.15) is 0 Å². The van der Waals surface area contributed by atoms with Gasteiger partial charge >= 0.3 is 5.97 Å². The molecule has 0 saturated carbocycles. The standard InChI is InChI=1S/C17H32N2O8/c1-11(20)18(6)19(12(2)21)10-16(4,23)17(5,24)15(27-13(3)22)14(26-8)9-25-7/h14-15,23-24H,9-10H2,1-8H3/t14-,15-,16+,17+/m1/s1. The van der Waals surface area contributed by atoms with Crippen molar-refractivity contribution >= 4 is 17.8 Å². The average Bonchev–Trinajstić information content (AvgIpc) is 2.54. The molecule has 0 fully saturated rings. The molecule has 0 saturated heterocycles. The maximum atomic E-state index is 11.9. The van der Waals surface area contributed by atoms with Crippen molar-refractivity contribution in [3.05, 3.63) is 0 Å². The van der Waals surface area contributed by atoms with Gasteiger partial charge in [0.25, 0.3) is 0 Å². The van der Waals surface area contributed by atoms with E-state index >= 15 is 0 Å². The smallest absolute Gasteiger partial charge is 0.303 e. The lowest BCUT2D eigenvalue weighted by Gasteiger charge is -2.47. The molecule has 0 aromatic carbocycles. The number of methoxy groups -OCH3 is 2. The van der Waals surface area contributed by atoms with Gasteiger partial charge in [-0.3, -0.25) is 19.4 Å². The second-order valence-electron chi connectivity index (χ2n) is 6.80. The second kappa shape index (κ2) is 9.98. The SMILES string of the molecule is COC[C@@H](OC)[C@@H](OC(C)=O)[C@](C)(O)[C@@](C)(O)CN(C(C)=O)N(C)C(C)=O. The van der Waals surface area contributed by atoms with Crippen molar-refractivity contribution in [2.45, 2.75) is 58.0 Å². The van der Waals surface area contributed by atoms with E-state index in [2.05, 4.69) is 0 Å².